The maximum Gasteiger partial charge on any atom is 0.573 e. The van der Waals surface area contributed by atoms with Crippen molar-refractivity contribution in [1.82, 2.24) is 5.32 Å². The van der Waals surface area contributed by atoms with Crippen LogP contribution in [0.2, 0.25) is 0 Å². The van der Waals surface area contributed by atoms with Crippen LogP contribution in [0.25, 0.3) is 0 Å². The minimum Gasteiger partial charge on any atom is -0.406 e. The molecule has 0 aliphatic carbocycles. The number of hydrogen-bond donors (Lipinski definition) is 1. The molecule has 1 atom stereocenters. The minimum absolute atomic E-state index is 0.188. The number of benzene rings is 1. The standard InChI is InChI=1S/C14H20F3NO/c1-10(2)8-11(3)18-9-12-4-6-13(7-5-12)19-14(15,16)17/h4-7,10-11,18H,8-9H2,1-3H3. The largest absolute Gasteiger partial charge is 0.573 e. The lowest BCUT2D eigenvalue weighted by molar-refractivity contribution is -0.274. The summed E-state index contributed by atoms with van der Waals surface area (Å²) >= 11 is 0. The molecule has 1 rings (SSSR count). The van der Waals surface area contributed by atoms with Crippen molar-refractivity contribution in [3.05, 3.63) is 29.8 Å². The topological polar surface area (TPSA) is 21.3 Å². The SMILES string of the molecule is CC(C)CC(C)NCc1ccc(OC(F)(F)F)cc1. The van der Waals surface area contributed by atoms with Crippen molar-refractivity contribution in [2.24, 2.45) is 5.92 Å². The van der Waals surface area contributed by atoms with E-state index in [4.69, 9.17) is 0 Å². The van der Waals surface area contributed by atoms with Gasteiger partial charge in [0.05, 0.1) is 0 Å². The molecule has 0 aromatic heterocycles. The maximum atomic E-state index is 12.0. The zero-order chi connectivity index (χ0) is 14.5. The Morgan fingerprint density at radius 2 is 1.68 bits per heavy atom. The van der Waals surface area contributed by atoms with E-state index in [-0.39, 0.29) is 5.75 Å². The summed E-state index contributed by atoms with van der Waals surface area (Å²) in [4.78, 5) is 0. The molecule has 108 valence electrons. The Morgan fingerprint density at radius 3 is 2.16 bits per heavy atom. The van der Waals surface area contributed by atoms with Crippen LogP contribution < -0.4 is 10.1 Å². The number of rotatable bonds is 6. The van der Waals surface area contributed by atoms with Crippen molar-refractivity contribution < 1.29 is 17.9 Å². The van der Waals surface area contributed by atoms with Gasteiger partial charge in [-0.2, -0.15) is 0 Å². The van der Waals surface area contributed by atoms with Gasteiger partial charge in [-0.3, -0.25) is 0 Å². The summed E-state index contributed by atoms with van der Waals surface area (Å²) in [6, 6.07) is 6.31. The monoisotopic (exact) mass is 275 g/mol. The van der Waals surface area contributed by atoms with Gasteiger partial charge in [0.2, 0.25) is 0 Å². The van der Waals surface area contributed by atoms with E-state index in [1.54, 1.807) is 12.1 Å². The van der Waals surface area contributed by atoms with E-state index < -0.39 is 6.36 Å². The maximum absolute atomic E-state index is 12.0. The normalized spacial score (nSPS) is 13.6. The first-order valence-corrected chi connectivity index (χ1v) is 6.34. The number of alkyl halides is 3. The van der Waals surface area contributed by atoms with Gasteiger partial charge in [-0.05, 0) is 37.0 Å². The summed E-state index contributed by atoms with van der Waals surface area (Å²) in [6.45, 7) is 7.05. The summed E-state index contributed by atoms with van der Waals surface area (Å²) < 4.78 is 39.8. The molecule has 0 fully saturated rings. The molecule has 1 aromatic rings. The number of ether oxygens (including phenoxy) is 1. The summed E-state index contributed by atoms with van der Waals surface area (Å²) in [6.07, 6.45) is -3.57. The van der Waals surface area contributed by atoms with E-state index in [0.717, 1.165) is 12.0 Å². The zero-order valence-corrected chi connectivity index (χ0v) is 11.4. The molecule has 1 aromatic carbocycles. The molecular weight excluding hydrogens is 255 g/mol. The molecule has 19 heavy (non-hydrogen) atoms. The van der Waals surface area contributed by atoms with Gasteiger partial charge < -0.3 is 10.1 Å². The summed E-state index contributed by atoms with van der Waals surface area (Å²) in [7, 11) is 0. The lowest BCUT2D eigenvalue weighted by atomic mass is 10.1. The molecule has 0 saturated heterocycles. The number of hydrogen-bond acceptors (Lipinski definition) is 2. The highest BCUT2D eigenvalue weighted by Crippen LogP contribution is 2.22. The van der Waals surface area contributed by atoms with Gasteiger partial charge in [-0.1, -0.05) is 26.0 Å². The van der Waals surface area contributed by atoms with E-state index in [0.29, 0.717) is 18.5 Å². The first kappa shape index (κ1) is 15.8. The Bertz CT molecular complexity index is 373. The number of halogens is 3. The van der Waals surface area contributed by atoms with Gasteiger partial charge in [0.1, 0.15) is 5.75 Å². The summed E-state index contributed by atoms with van der Waals surface area (Å²) in [5, 5.41) is 3.33. The lowest BCUT2D eigenvalue weighted by Crippen LogP contribution is -2.26. The van der Waals surface area contributed by atoms with Crippen LogP contribution in [-0.4, -0.2) is 12.4 Å². The third kappa shape index (κ3) is 7.06. The van der Waals surface area contributed by atoms with Crippen LogP contribution in [0, 0.1) is 5.92 Å². The highest BCUT2D eigenvalue weighted by atomic mass is 19.4. The molecule has 0 aliphatic heterocycles. The van der Waals surface area contributed by atoms with Crippen LogP contribution in [0.4, 0.5) is 13.2 Å². The highest BCUT2D eigenvalue weighted by molar-refractivity contribution is 5.27. The predicted octanol–water partition coefficient (Wildman–Crippen LogP) is 4.11. The molecule has 1 unspecified atom stereocenters. The molecule has 0 bridgehead atoms. The second-order valence-corrected chi connectivity index (χ2v) is 5.10. The highest BCUT2D eigenvalue weighted by Gasteiger charge is 2.30. The second kappa shape index (κ2) is 6.80. The fraction of sp³-hybridized carbons (Fsp3) is 0.571. The smallest absolute Gasteiger partial charge is 0.406 e. The molecule has 0 aliphatic rings. The van der Waals surface area contributed by atoms with Crippen molar-refractivity contribution in [2.45, 2.75) is 46.1 Å². The fourth-order valence-corrected chi connectivity index (χ4v) is 1.89. The Morgan fingerprint density at radius 1 is 1.11 bits per heavy atom. The molecule has 0 spiro atoms. The average Bonchev–Trinajstić information content (AvgIpc) is 2.25. The predicted molar refractivity (Wildman–Crippen MR) is 68.9 cm³/mol. The van der Waals surface area contributed by atoms with Crippen molar-refractivity contribution in [3.8, 4) is 5.75 Å². The Hall–Kier alpha value is -1.23. The van der Waals surface area contributed by atoms with Gasteiger partial charge >= 0.3 is 6.36 Å². The fourth-order valence-electron chi connectivity index (χ4n) is 1.89. The first-order valence-electron chi connectivity index (χ1n) is 6.34. The van der Waals surface area contributed by atoms with Crippen LogP contribution in [0.1, 0.15) is 32.8 Å². The lowest BCUT2D eigenvalue weighted by Gasteiger charge is -2.16. The van der Waals surface area contributed by atoms with Crippen LogP contribution in [0.15, 0.2) is 24.3 Å². The zero-order valence-electron chi connectivity index (χ0n) is 11.4. The van der Waals surface area contributed by atoms with Crippen molar-refractivity contribution in [2.75, 3.05) is 0 Å². The van der Waals surface area contributed by atoms with Gasteiger partial charge in [0.25, 0.3) is 0 Å². The number of nitrogens with one attached hydrogen (secondary N) is 1. The molecule has 0 saturated carbocycles. The summed E-state index contributed by atoms with van der Waals surface area (Å²) in [5.74, 6) is 0.427. The molecule has 0 radical (unpaired) electrons. The molecule has 1 N–H and O–H groups in total. The summed E-state index contributed by atoms with van der Waals surface area (Å²) in [5.41, 5.74) is 0.935. The van der Waals surface area contributed by atoms with Gasteiger partial charge in [-0.15, -0.1) is 13.2 Å². The van der Waals surface area contributed by atoms with E-state index in [1.165, 1.54) is 12.1 Å². The molecular formula is C14H20F3NO. The first-order chi connectivity index (χ1) is 8.76. The van der Waals surface area contributed by atoms with Gasteiger partial charge in [-0.25, -0.2) is 0 Å². The average molecular weight is 275 g/mol. The van der Waals surface area contributed by atoms with Crippen LogP contribution in [0.5, 0.6) is 5.75 Å². The van der Waals surface area contributed by atoms with E-state index in [1.807, 2.05) is 0 Å². The van der Waals surface area contributed by atoms with E-state index >= 15 is 0 Å². The van der Waals surface area contributed by atoms with Crippen molar-refractivity contribution in [3.63, 3.8) is 0 Å². The Balaban J connectivity index is 2.44. The second-order valence-electron chi connectivity index (χ2n) is 5.10. The Kier molecular flexibility index (Phi) is 5.66. The van der Waals surface area contributed by atoms with Gasteiger partial charge in [0, 0.05) is 12.6 Å². The van der Waals surface area contributed by atoms with E-state index in [2.05, 4.69) is 30.8 Å². The molecule has 0 heterocycles. The van der Waals surface area contributed by atoms with Crippen molar-refractivity contribution in [1.29, 1.82) is 0 Å². The Labute approximate surface area is 112 Å². The quantitative estimate of drug-likeness (QED) is 0.843. The van der Waals surface area contributed by atoms with Crippen LogP contribution in [-0.2, 0) is 6.54 Å². The third-order valence-corrected chi connectivity index (χ3v) is 2.64. The van der Waals surface area contributed by atoms with Crippen LogP contribution >= 0.6 is 0 Å². The molecule has 0 amide bonds. The molecule has 5 heteroatoms. The van der Waals surface area contributed by atoms with Gasteiger partial charge in [0.15, 0.2) is 0 Å². The van der Waals surface area contributed by atoms with Crippen molar-refractivity contribution >= 4 is 0 Å². The third-order valence-electron chi connectivity index (χ3n) is 2.64. The minimum atomic E-state index is -4.63. The molecule has 2 nitrogen and oxygen atoms in total. The van der Waals surface area contributed by atoms with E-state index in [9.17, 15) is 13.2 Å². The van der Waals surface area contributed by atoms with Crippen LogP contribution in [0.3, 0.4) is 0 Å².